The molecule has 0 N–H and O–H groups in total. The second-order valence-electron chi connectivity index (χ2n) is 16.0. The van der Waals surface area contributed by atoms with Crippen molar-refractivity contribution < 1.29 is 39.4 Å². The number of benzene rings is 4. The van der Waals surface area contributed by atoms with E-state index in [9.17, 15) is 16.8 Å². The van der Waals surface area contributed by atoms with Crippen LogP contribution in [0.5, 0.6) is 11.5 Å². The highest BCUT2D eigenvalue weighted by Crippen LogP contribution is 2.52. The van der Waals surface area contributed by atoms with E-state index in [0.717, 1.165) is 44.5 Å². The Morgan fingerprint density at radius 3 is 1.26 bits per heavy atom. The van der Waals surface area contributed by atoms with E-state index in [4.69, 9.17) is 22.6 Å². The Morgan fingerprint density at radius 1 is 0.566 bits per heavy atom. The van der Waals surface area contributed by atoms with Crippen LogP contribution in [0.1, 0.15) is 111 Å². The third kappa shape index (κ3) is 8.81. The van der Waals surface area contributed by atoms with Gasteiger partial charge in [0.2, 0.25) is 12.6 Å². The van der Waals surface area contributed by atoms with Gasteiger partial charge in [-0.2, -0.15) is 16.8 Å². The minimum atomic E-state index is -3.89. The number of ether oxygens (including phenoxy) is 3. The van der Waals surface area contributed by atoms with Crippen LogP contribution in [-0.2, 0) is 57.0 Å². The van der Waals surface area contributed by atoms with Crippen molar-refractivity contribution in [1.82, 2.24) is 0 Å². The molecule has 0 radical (unpaired) electrons. The molecule has 2 bridgehead atoms. The Hall–Kier alpha value is -3.74. The predicted octanol–water partition coefficient (Wildman–Crippen LogP) is 9.07. The van der Waals surface area contributed by atoms with Crippen molar-refractivity contribution in [2.24, 2.45) is 0 Å². The molecule has 2 atom stereocenters. The smallest absolute Gasteiger partial charge is 0.296 e. The van der Waals surface area contributed by atoms with E-state index in [1.807, 2.05) is 13.8 Å². The van der Waals surface area contributed by atoms with Gasteiger partial charge in [0.05, 0.1) is 34.1 Å². The van der Waals surface area contributed by atoms with Crippen LogP contribution < -0.4 is 9.47 Å². The summed E-state index contributed by atoms with van der Waals surface area (Å²) in [5.41, 5.74) is 7.03. The molecule has 4 aromatic rings. The first-order valence-electron chi connectivity index (χ1n) is 18.1. The Labute approximate surface area is 314 Å². The summed E-state index contributed by atoms with van der Waals surface area (Å²) >= 11 is 0. The van der Waals surface area contributed by atoms with Gasteiger partial charge in [-0.1, -0.05) is 89.1 Å². The van der Waals surface area contributed by atoms with Gasteiger partial charge in [-0.3, -0.25) is 13.1 Å². The lowest BCUT2D eigenvalue weighted by Crippen LogP contribution is -2.32. The van der Waals surface area contributed by atoms with E-state index >= 15 is 0 Å². The van der Waals surface area contributed by atoms with Crippen LogP contribution in [0.3, 0.4) is 0 Å². The fourth-order valence-corrected chi connectivity index (χ4v) is 8.25. The number of rotatable bonds is 12. The predicted molar refractivity (Wildman–Crippen MR) is 203 cm³/mol. The maximum atomic E-state index is 12.8. The quantitative estimate of drug-likeness (QED) is 0.103. The van der Waals surface area contributed by atoms with Gasteiger partial charge in [-0.25, -0.2) is 0 Å². The van der Waals surface area contributed by atoms with Crippen molar-refractivity contribution in [1.29, 1.82) is 0 Å². The van der Waals surface area contributed by atoms with E-state index in [-0.39, 0.29) is 33.8 Å². The number of fused-ring (bicyclic) bond motifs is 6. The van der Waals surface area contributed by atoms with Crippen molar-refractivity contribution in [3.63, 3.8) is 0 Å². The standard InChI is InChI=1S/C42H50O9S2/c1-27-13-17-33(18-14-27)52(43,44)47-21-9-11-29-23-31(41(3,4)5)25-35-37(29)49-40-36-26-32(42(6,7)8)24-30(38(36)50-39(35)51-40)12-10-22-48-53(45,46)34-19-15-28(2)16-20-34/h13-20,23-26,39-40H,9-12,21-22H2,1-8H3. The fourth-order valence-electron chi connectivity index (χ4n) is 6.37. The normalized spacial score (nSPS) is 17.1. The lowest BCUT2D eigenvalue weighted by atomic mass is 9.83. The van der Waals surface area contributed by atoms with E-state index < -0.39 is 32.8 Å². The number of hydrogen-bond donors (Lipinski definition) is 0. The maximum Gasteiger partial charge on any atom is 0.296 e. The first-order chi connectivity index (χ1) is 24.8. The molecule has 11 heteroatoms. The summed E-state index contributed by atoms with van der Waals surface area (Å²) in [4.78, 5) is 0.265. The highest BCUT2D eigenvalue weighted by atomic mass is 32.2. The molecular formula is C42H50O9S2. The van der Waals surface area contributed by atoms with Gasteiger partial charge in [0.15, 0.2) is 0 Å². The van der Waals surface area contributed by atoms with Crippen molar-refractivity contribution in [2.75, 3.05) is 13.2 Å². The zero-order valence-corrected chi connectivity index (χ0v) is 33.4. The van der Waals surface area contributed by atoms with Crippen LogP contribution >= 0.6 is 0 Å². The van der Waals surface area contributed by atoms with Crippen LogP contribution in [0.4, 0.5) is 0 Å². The van der Waals surface area contributed by atoms with Gasteiger partial charge in [0, 0.05) is 0 Å². The highest BCUT2D eigenvalue weighted by molar-refractivity contribution is 7.87. The molecule has 0 saturated carbocycles. The van der Waals surface area contributed by atoms with Crippen molar-refractivity contribution in [3.8, 4) is 11.5 Å². The molecule has 6 rings (SSSR count). The molecule has 2 unspecified atom stereocenters. The SMILES string of the molecule is Cc1ccc(S(=O)(=O)OCCCc2cc(C(C)(C)C)cc3c2OC2OC3Oc3c(CCCOS(=O)(=O)c4ccc(C)cc4)cc(C(C)(C)C)cc32)cc1. The summed E-state index contributed by atoms with van der Waals surface area (Å²) in [7, 11) is -7.77. The van der Waals surface area contributed by atoms with Crippen molar-refractivity contribution in [2.45, 2.75) is 114 Å². The molecular weight excluding hydrogens is 713 g/mol. The monoisotopic (exact) mass is 762 g/mol. The lowest BCUT2D eigenvalue weighted by Gasteiger charge is -2.41. The largest absolute Gasteiger partial charge is 0.459 e. The number of aryl methyl sites for hydroxylation is 4. The molecule has 0 aromatic heterocycles. The molecule has 2 heterocycles. The molecule has 4 aromatic carbocycles. The summed E-state index contributed by atoms with van der Waals surface area (Å²) in [6, 6.07) is 21.6. The summed E-state index contributed by atoms with van der Waals surface area (Å²) in [5, 5.41) is 0. The van der Waals surface area contributed by atoms with Gasteiger partial charge < -0.3 is 9.47 Å². The minimum absolute atomic E-state index is 0.0156. The minimum Gasteiger partial charge on any atom is -0.459 e. The van der Waals surface area contributed by atoms with Crippen LogP contribution in [0.2, 0.25) is 0 Å². The summed E-state index contributed by atoms with van der Waals surface area (Å²) in [5.74, 6) is 1.34. The van der Waals surface area contributed by atoms with Gasteiger partial charge in [-0.15, -0.1) is 0 Å². The van der Waals surface area contributed by atoms with Gasteiger partial charge in [0.1, 0.15) is 11.5 Å². The zero-order chi connectivity index (χ0) is 38.3. The maximum absolute atomic E-state index is 12.8. The molecule has 0 amide bonds. The molecule has 284 valence electrons. The topological polar surface area (TPSA) is 114 Å². The number of hydrogen-bond acceptors (Lipinski definition) is 9. The molecule has 2 aliphatic rings. The third-order valence-electron chi connectivity index (χ3n) is 9.60. The molecule has 0 fully saturated rings. The second-order valence-corrected chi connectivity index (χ2v) is 19.3. The molecule has 0 saturated heterocycles. The van der Waals surface area contributed by atoms with Crippen molar-refractivity contribution in [3.05, 3.63) is 117 Å². The third-order valence-corrected chi connectivity index (χ3v) is 12.3. The Morgan fingerprint density at radius 2 is 0.925 bits per heavy atom. The Balaban J connectivity index is 1.24. The summed E-state index contributed by atoms with van der Waals surface area (Å²) in [6.07, 6.45) is 0.437. The van der Waals surface area contributed by atoms with Crippen LogP contribution in [0.25, 0.3) is 0 Å². The first kappa shape index (κ1) is 39.0. The van der Waals surface area contributed by atoms with E-state index in [0.29, 0.717) is 37.2 Å². The van der Waals surface area contributed by atoms with Gasteiger partial charge in [0.25, 0.3) is 20.2 Å². The average Bonchev–Trinajstić information content (AvgIpc) is 3.08. The lowest BCUT2D eigenvalue weighted by molar-refractivity contribution is -0.228. The molecule has 9 nitrogen and oxygen atoms in total. The van der Waals surface area contributed by atoms with Gasteiger partial charge >= 0.3 is 0 Å². The van der Waals surface area contributed by atoms with Gasteiger partial charge in [-0.05, 0) is 109 Å². The Kier molecular flexibility index (Phi) is 10.9. The van der Waals surface area contributed by atoms with Crippen LogP contribution in [-0.4, -0.2) is 30.0 Å². The molecule has 0 spiro atoms. The zero-order valence-electron chi connectivity index (χ0n) is 31.8. The molecule has 2 aliphatic heterocycles. The summed E-state index contributed by atoms with van der Waals surface area (Å²) < 4.78 is 82.0. The first-order valence-corrected chi connectivity index (χ1v) is 20.9. The Bertz CT molecular complexity index is 2020. The summed E-state index contributed by atoms with van der Waals surface area (Å²) in [6.45, 7) is 16.6. The van der Waals surface area contributed by atoms with E-state index in [2.05, 4.69) is 65.8 Å². The van der Waals surface area contributed by atoms with Crippen LogP contribution in [0.15, 0.2) is 82.6 Å². The highest BCUT2D eigenvalue weighted by Gasteiger charge is 2.41. The fraction of sp³-hybridized carbons (Fsp3) is 0.429. The van der Waals surface area contributed by atoms with E-state index in [1.54, 1.807) is 48.5 Å². The molecule has 53 heavy (non-hydrogen) atoms. The average molecular weight is 763 g/mol. The van der Waals surface area contributed by atoms with E-state index in [1.165, 1.54) is 0 Å². The second kappa shape index (κ2) is 14.8. The van der Waals surface area contributed by atoms with Crippen molar-refractivity contribution >= 4 is 20.2 Å². The van der Waals surface area contributed by atoms with Crippen LogP contribution in [0, 0.1) is 13.8 Å². The molecule has 0 aliphatic carbocycles.